The van der Waals surface area contributed by atoms with Crippen LogP contribution in [0.3, 0.4) is 0 Å². The van der Waals surface area contributed by atoms with Gasteiger partial charge in [-0.1, -0.05) is 13.0 Å². The Bertz CT molecular complexity index is 514. The smallest absolute Gasteiger partial charge is 0.129 e. The predicted molar refractivity (Wildman–Crippen MR) is 73.2 cm³/mol. The number of rotatable bonds is 6. The van der Waals surface area contributed by atoms with Crippen LogP contribution in [-0.4, -0.2) is 11.5 Å². The van der Waals surface area contributed by atoms with Gasteiger partial charge >= 0.3 is 0 Å². The Morgan fingerprint density at radius 2 is 2.21 bits per heavy atom. The Labute approximate surface area is 115 Å². The SMILES string of the molecule is CCCNC(Cc1ccc(F)cc1F)c1cscn1. The highest BCUT2D eigenvalue weighted by Gasteiger charge is 2.16. The highest BCUT2D eigenvalue weighted by Crippen LogP contribution is 2.20. The summed E-state index contributed by atoms with van der Waals surface area (Å²) in [7, 11) is 0. The van der Waals surface area contributed by atoms with E-state index in [0.29, 0.717) is 12.0 Å². The second kappa shape index (κ2) is 6.73. The summed E-state index contributed by atoms with van der Waals surface area (Å²) in [5.41, 5.74) is 3.17. The van der Waals surface area contributed by atoms with Gasteiger partial charge in [0.05, 0.1) is 17.2 Å². The highest BCUT2D eigenvalue weighted by atomic mass is 32.1. The van der Waals surface area contributed by atoms with Crippen molar-refractivity contribution in [3.8, 4) is 0 Å². The third-order valence-corrected chi connectivity index (χ3v) is 3.49. The molecular formula is C14H16F2N2S. The monoisotopic (exact) mass is 282 g/mol. The van der Waals surface area contributed by atoms with E-state index in [1.165, 1.54) is 23.5 Å². The molecule has 2 nitrogen and oxygen atoms in total. The number of benzene rings is 1. The summed E-state index contributed by atoms with van der Waals surface area (Å²) in [6, 6.07) is 3.67. The molecule has 0 spiro atoms. The van der Waals surface area contributed by atoms with Crippen LogP contribution in [0.1, 0.15) is 30.6 Å². The molecule has 0 saturated heterocycles. The van der Waals surface area contributed by atoms with Crippen LogP contribution in [0.4, 0.5) is 8.78 Å². The Kier molecular flexibility index (Phi) is 4.99. The second-order valence-corrected chi connectivity index (χ2v) is 5.08. The molecule has 1 N–H and O–H groups in total. The summed E-state index contributed by atoms with van der Waals surface area (Å²) < 4.78 is 26.6. The third kappa shape index (κ3) is 3.81. The average Bonchev–Trinajstić information content (AvgIpc) is 2.90. The molecule has 0 bridgehead atoms. The van der Waals surface area contributed by atoms with Crippen molar-refractivity contribution in [2.75, 3.05) is 6.54 Å². The van der Waals surface area contributed by atoms with Gasteiger partial charge in [0.1, 0.15) is 11.6 Å². The molecule has 5 heteroatoms. The lowest BCUT2D eigenvalue weighted by Gasteiger charge is -2.17. The molecule has 0 fully saturated rings. The summed E-state index contributed by atoms with van der Waals surface area (Å²) in [4.78, 5) is 4.27. The van der Waals surface area contributed by atoms with E-state index in [1.807, 2.05) is 5.38 Å². The predicted octanol–water partition coefficient (Wildman–Crippen LogP) is 3.70. The van der Waals surface area contributed by atoms with Crippen molar-refractivity contribution in [3.63, 3.8) is 0 Å². The number of hydrogen-bond donors (Lipinski definition) is 1. The van der Waals surface area contributed by atoms with Crippen molar-refractivity contribution < 1.29 is 8.78 Å². The maximum atomic E-state index is 13.7. The minimum atomic E-state index is -0.548. The molecule has 1 heterocycles. The lowest BCUT2D eigenvalue weighted by molar-refractivity contribution is 0.501. The molecule has 1 unspecified atom stereocenters. The second-order valence-electron chi connectivity index (χ2n) is 4.36. The minimum absolute atomic E-state index is 0.0360. The zero-order chi connectivity index (χ0) is 13.7. The first-order chi connectivity index (χ1) is 9.20. The van der Waals surface area contributed by atoms with Crippen LogP contribution in [0.25, 0.3) is 0 Å². The van der Waals surface area contributed by atoms with E-state index >= 15 is 0 Å². The summed E-state index contributed by atoms with van der Waals surface area (Å²) in [6.07, 6.45) is 1.46. The van der Waals surface area contributed by atoms with Crippen LogP contribution in [0.2, 0.25) is 0 Å². The fourth-order valence-corrected chi connectivity index (χ4v) is 2.51. The van der Waals surface area contributed by atoms with Gasteiger partial charge in [-0.15, -0.1) is 11.3 Å². The fraction of sp³-hybridized carbons (Fsp3) is 0.357. The third-order valence-electron chi connectivity index (χ3n) is 2.89. The zero-order valence-electron chi connectivity index (χ0n) is 10.7. The number of halogens is 2. The van der Waals surface area contributed by atoms with E-state index in [4.69, 9.17) is 0 Å². The van der Waals surface area contributed by atoms with Crippen molar-refractivity contribution in [3.05, 3.63) is 52.0 Å². The van der Waals surface area contributed by atoms with Crippen LogP contribution in [0.5, 0.6) is 0 Å². The van der Waals surface area contributed by atoms with E-state index in [9.17, 15) is 8.78 Å². The first-order valence-corrected chi connectivity index (χ1v) is 7.20. The van der Waals surface area contributed by atoms with E-state index in [1.54, 1.807) is 5.51 Å². The molecule has 2 aromatic rings. The molecule has 2 rings (SSSR count). The standard InChI is InChI=1S/C14H16F2N2S/c1-2-5-17-13(14-8-19-9-18-14)6-10-3-4-11(15)7-12(10)16/h3-4,7-9,13,17H,2,5-6H2,1H3. The van der Waals surface area contributed by atoms with Gasteiger partial charge in [-0.2, -0.15) is 0 Å². The number of nitrogens with one attached hydrogen (secondary N) is 1. The van der Waals surface area contributed by atoms with E-state index in [-0.39, 0.29) is 6.04 Å². The highest BCUT2D eigenvalue weighted by molar-refractivity contribution is 7.07. The van der Waals surface area contributed by atoms with Gasteiger partial charge in [-0.3, -0.25) is 0 Å². The molecule has 0 aliphatic heterocycles. The molecular weight excluding hydrogens is 266 g/mol. The Morgan fingerprint density at radius 1 is 1.37 bits per heavy atom. The molecule has 1 aromatic heterocycles. The fourth-order valence-electron chi connectivity index (χ4n) is 1.90. The van der Waals surface area contributed by atoms with Crippen LogP contribution in [-0.2, 0) is 6.42 Å². The van der Waals surface area contributed by atoms with Crippen molar-refractivity contribution in [2.45, 2.75) is 25.8 Å². The van der Waals surface area contributed by atoms with Crippen LogP contribution >= 0.6 is 11.3 Å². The number of hydrogen-bond acceptors (Lipinski definition) is 3. The van der Waals surface area contributed by atoms with E-state index in [0.717, 1.165) is 24.7 Å². The Morgan fingerprint density at radius 3 is 2.84 bits per heavy atom. The number of nitrogens with zero attached hydrogens (tertiary/aromatic N) is 1. The molecule has 19 heavy (non-hydrogen) atoms. The van der Waals surface area contributed by atoms with Crippen LogP contribution in [0, 0.1) is 11.6 Å². The van der Waals surface area contributed by atoms with Gasteiger partial charge in [-0.05, 0) is 31.0 Å². The topological polar surface area (TPSA) is 24.9 Å². The van der Waals surface area contributed by atoms with Gasteiger partial charge in [0, 0.05) is 11.4 Å². The van der Waals surface area contributed by atoms with Gasteiger partial charge in [0.25, 0.3) is 0 Å². The van der Waals surface area contributed by atoms with Gasteiger partial charge in [-0.25, -0.2) is 13.8 Å². The quantitative estimate of drug-likeness (QED) is 0.873. The van der Waals surface area contributed by atoms with E-state index < -0.39 is 11.6 Å². The number of aromatic nitrogens is 1. The maximum Gasteiger partial charge on any atom is 0.129 e. The van der Waals surface area contributed by atoms with E-state index in [2.05, 4.69) is 17.2 Å². The molecule has 0 amide bonds. The maximum absolute atomic E-state index is 13.7. The Hall–Kier alpha value is -1.33. The molecule has 1 atom stereocenters. The van der Waals surface area contributed by atoms with Crippen molar-refractivity contribution in [1.29, 1.82) is 0 Å². The summed E-state index contributed by atoms with van der Waals surface area (Å²) >= 11 is 1.51. The lowest BCUT2D eigenvalue weighted by Crippen LogP contribution is -2.24. The molecule has 0 saturated carbocycles. The van der Waals surface area contributed by atoms with Crippen molar-refractivity contribution in [2.24, 2.45) is 0 Å². The minimum Gasteiger partial charge on any atom is -0.308 e. The summed E-state index contributed by atoms with van der Waals surface area (Å²) in [5, 5.41) is 5.30. The number of thiazole rings is 1. The molecule has 102 valence electrons. The van der Waals surface area contributed by atoms with Gasteiger partial charge in [0.2, 0.25) is 0 Å². The average molecular weight is 282 g/mol. The van der Waals surface area contributed by atoms with Gasteiger partial charge < -0.3 is 5.32 Å². The van der Waals surface area contributed by atoms with Crippen LogP contribution in [0.15, 0.2) is 29.1 Å². The molecule has 1 aromatic carbocycles. The summed E-state index contributed by atoms with van der Waals surface area (Å²) in [6.45, 7) is 2.91. The Balaban J connectivity index is 2.15. The lowest BCUT2D eigenvalue weighted by atomic mass is 10.0. The van der Waals surface area contributed by atoms with Gasteiger partial charge in [0.15, 0.2) is 0 Å². The molecule has 0 aliphatic rings. The molecule has 0 aliphatic carbocycles. The first kappa shape index (κ1) is 14.1. The zero-order valence-corrected chi connectivity index (χ0v) is 11.5. The van der Waals surface area contributed by atoms with Crippen molar-refractivity contribution in [1.82, 2.24) is 10.3 Å². The summed E-state index contributed by atoms with van der Waals surface area (Å²) in [5.74, 6) is -1.05. The normalized spacial score (nSPS) is 12.6. The molecule has 0 radical (unpaired) electrons. The first-order valence-electron chi connectivity index (χ1n) is 6.26. The van der Waals surface area contributed by atoms with Crippen LogP contribution < -0.4 is 5.32 Å². The largest absolute Gasteiger partial charge is 0.308 e. The van der Waals surface area contributed by atoms with Crippen molar-refractivity contribution >= 4 is 11.3 Å².